The van der Waals surface area contributed by atoms with E-state index in [2.05, 4.69) is 4.99 Å². The number of nitrogens with zero attached hydrogens (tertiary/aromatic N) is 1. The molecule has 1 amide bonds. The van der Waals surface area contributed by atoms with Gasteiger partial charge in [0, 0.05) is 17.5 Å². The molecule has 118 valence electrons. The van der Waals surface area contributed by atoms with Gasteiger partial charge in [-0.1, -0.05) is 43.7 Å². The van der Waals surface area contributed by atoms with Crippen molar-refractivity contribution in [2.75, 3.05) is 7.11 Å². The molecule has 1 heterocycles. The molecule has 0 radical (unpaired) electrons. The summed E-state index contributed by atoms with van der Waals surface area (Å²) in [7, 11) is 1.62. The number of carbonyl (C=O) groups is 1. The summed E-state index contributed by atoms with van der Waals surface area (Å²) in [6, 6.07) is 16.9. The average molecular weight is 309 g/mol. The largest absolute Gasteiger partial charge is 0.497 e. The van der Waals surface area contributed by atoms with Gasteiger partial charge in [-0.05, 0) is 24.3 Å². The number of methoxy groups -OCH3 is 1. The molecule has 2 aromatic rings. The summed E-state index contributed by atoms with van der Waals surface area (Å²) in [5.41, 5.74) is 0.582. The summed E-state index contributed by atoms with van der Waals surface area (Å²) in [5, 5.41) is 0. The molecule has 0 spiro atoms. The Labute approximate surface area is 135 Å². The van der Waals surface area contributed by atoms with Gasteiger partial charge in [-0.2, -0.15) is 4.99 Å². The van der Waals surface area contributed by atoms with Gasteiger partial charge in [0.1, 0.15) is 5.75 Å². The Balaban J connectivity index is 1.98. The van der Waals surface area contributed by atoms with Crippen molar-refractivity contribution in [2.45, 2.75) is 25.4 Å². The quantitative estimate of drug-likeness (QED) is 0.846. The topological polar surface area (TPSA) is 47.9 Å². The van der Waals surface area contributed by atoms with E-state index in [-0.39, 0.29) is 5.91 Å². The Bertz CT molecular complexity index is 722. The lowest BCUT2D eigenvalue weighted by Gasteiger charge is -2.27. The van der Waals surface area contributed by atoms with Crippen molar-refractivity contribution >= 4 is 11.8 Å². The fraction of sp³-hybridized carbons (Fsp3) is 0.263. The predicted molar refractivity (Wildman–Crippen MR) is 88.7 cm³/mol. The molecule has 23 heavy (non-hydrogen) atoms. The van der Waals surface area contributed by atoms with Gasteiger partial charge in [0.2, 0.25) is 11.5 Å². The zero-order valence-corrected chi connectivity index (χ0v) is 13.3. The van der Waals surface area contributed by atoms with Crippen molar-refractivity contribution in [1.29, 1.82) is 0 Å². The molecule has 1 aliphatic rings. The lowest BCUT2D eigenvalue weighted by Crippen LogP contribution is -2.34. The molecular formula is C19H19NO3. The minimum Gasteiger partial charge on any atom is -0.497 e. The maximum Gasteiger partial charge on any atom is 0.297 e. The van der Waals surface area contributed by atoms with Gasteiger partial charge in [-0.25, -0.2) is 0 Å². The van der Waals surface area contributed by atoms with Crippen molar-refractivity contribution < 1.29 is 14.3 Å². The summed E-state index contributed by atoms with van der Waals surface area (Å²) in [6.07, 6.45) is 1.40. The summed E-state index contributed by atoms with van der Waals surface area (Å²) in [4.78, 5) is 16.9. The first-order chi connectivity index (χ1) is 11.2. The molecule has 2 aromatic carbocycles. The molecule has 0 N–H and O–H groups in total. The van der Waals surface area contributed by atoms with Crippen molar-refractivity contribution in [3.8, 4) is 5.75 Å². The molecule has 0 saturated heterocycles. The van der Waals surface area contributed by atoms with E-state index < -0.39 is 5.60 Å². The third-order valence-corrected chi connectivity index (χ3v) is 4.00. The fourth-order valence-electron chi connectivity index (χ4n) is 2.82. The van der Waals surface area contributed by atoms with Gasteiger partial charge in [0.15, 0.2) is 0 Å². The predicted octanol–water partition coefficient (Wildman–Crippen LogP) is 3.69. The zero-order chi connectivity index (χ0) is 16.3. The smallest absolute Gasteiger partial charge is 0.297 e. The molecule has 0 bridgehead atoms. The Morgan fingerprint density at radius 1 is 1.09 bits per heavy atom. The first-order valence-electron chi connectivity index (χ1n) is 7.71. The van der Waals surface area contributed by atoms with Crippen LogP contribution in [0.15, 0.2) is 59.6 Å². The number of benzene rings is 2. The Morgan fingerprint density at radius 2 is 1.78 bits per heavy atom. The van der Waals surface area contributed by atoms with Crippen LogP contribution in [0.5, 0.6) is 5.75 Å². The lowest BCUT2D eigenvalue weighted by molar-refractivity contribution is -0.132. The van der Waals surface area contributed by atoms with Crippen LogP contribution in [0.1, 0.15) is 30.9 Å². The second kappa shape index (κ2) is 6.24. The van der Waals surface area contributed by atoms with E-state index in [1.807, 2.05) is 61.5 Å². The monoisotopic (exact) mass is 309 g/mol. The van der Waals surface area contributed by atoms with Gasteiger partial charge in [0.05, 0.1) is 7.11 Å². The van der Waals surface area contributed by atoms with E-state index in [0.717, 1.165) is 23.3 Å². The Kier molecular flexibility index (Phi) is 4.15. The number of hydrogen-bond acceptors (Lipinski definition) is 3. The van der Waals surface area contributed by atoms with Crippen LogP contribution in [0.25, 0.3) is 0 Å². The Hall–Kier alpha value is -2.62. The minimum atomic E-state index is -1.04. The van der Waals surface area contributed by atoms with E-state index in [9.17, 15) is 4.79 Å². The minimum absolute atomic E-state index is 0.247. The lowest BCUT2D eigenvalue weighted by atomic mass is 9.88. The molecule has 0 unspecified atom stereocenters. The van der Waals surface area contributed by atoms with Gasteiger partial charge in [0.25, 0.3) is 5.91 Å². The molecule has 4 nitrogen and oxygen atoms in total. The highest BCUT2D eigenvalue weighted by Crippen LogP contribution is 2.38. The maximum atomic E-state index is 12.7. The van der Waals surface area contributed by atoms with E-state index in [4.69, 9.17) is 9.47 Å². The molecule has 0 aromatic heterocycles. The molecule has 0 aliphatic carbocycles. The van der Waals surface area contributed by atoms with Crippen LogP contribution in [0.3, 0.4) is 0 Å². The average Bonchev–Trinajstić information content (AvgIpc) is 2.94. The number of amides is 1. The summed E-state index contributed by atoms with van der Waals surface area (Å²) in [6.45, 7) is 2.03. The molecule has 0 saturated carbocycles. The fourth-order valence-corrected chi connectivity index (χ4v) is 2.82. The van der Waals surface area contributed by atoms with Crippen molar-refractivity contribution in [2.24, 2.45) is 4.99 Å². The van der Waals surface area contributed by atoms with Crippen LogP contribution >= 0.6 is 0 Å². The van der Waals surface area contributed by atoms with Crippen LogP contribution in [0.2, 0.25) is 0 Å². The van der Waals surface area contributed by atoms with Crippen LogP contribution in [-0.2, 0) is 15.1 Å². The van der Waals surface area contributed by atoms with Crippen LogP contribution in [-0.4, -0.2) is 18.9 Å². The normalized spacial score (nSPS) is 20.1. The Morgan fingerprint density at radius 3 is 2.39 bits per heavy atom. The maximum absolute atomic E-state index is 12.7. The van der Waals surface area contributed by atoms with E-state index >= 15 is 0 Å². The van der Waals surface area contributed by atoms with Crippen LogP contribution in [0.4, 0.5) is 0 Å². The van der Waals surface area contributed by atoms with Crippen molar-refractivity contribution in [1.82, 2.24) is 0 Å². The van der Waals surface area contributed by atoms with Gasteiger partial charge < -0.3 is 9.47 Å². The number of rotatable bonds is 5. The highest BCUT2D eigenvalue weighted by molar-refractivity contribution is 6.09. The molecule has 0 fully saturated rings. The molecule has 1 atom stereocenters. The zero-order valence-electron chi connectivity index (χ0n) is 13.3. The van der Waals surface area contributed by atoms with E-state index in [1.54, 1.807) is 7.11 Å². The first-order valence-corrected chi connectivity index (χ1v) is 7.71. The standard InChI is InChI=1S/C19H19NO3/c1-3-13-19(15-9-11-16(22-2)12-10-15)18(21)20-17(23-19)14-7-5-4-6-8-14/h4-12H,3,13H2,1-2H3/t19-/m1/s1. The third-order valence-electron chi connectivity index (χ3n) is 4.00. The van der Waals surface area contributed by atoms with E-state index in [0.29, 0.717) is 12.3 Å². The van der Waals surface area contributed by atoms with E-state index in [1.165, 1.54) is 0 Å². The van der Waals surface area contributed by atoms with Crippen LogP contribution in [0, 0.1) is 0 Å². The van der Waals surface area contributed by atoms with Crippen molar-refractivity contribution in [3.05, 3.63) is 65.7 Å². The third kappa shape index (κ3) is 2.72. The van der Waals surface area contributed by atoms with Crippen molar-refractivity contribution in [3.63, 3.8) is 0 Å². The molecule has 1 aliphatic heterocycles. The number of hydrogen-bond donors (Lipinski definition) is 0. The molecule has 3 rings (SSSR count). The number of carbonyl (C=O) groups excluding carboxylic acids is 1. The van der Waals surface area contributed by atoms with Gasteiger partial charge in [-0.15, -0.1) is 0 Å². The van der Waals surface area contributed by atoms with Gasteiger partial charge in [-0.3, -0.25) is 4.79 Å². The number of aliphatic imine (C=N–C) groups is 1. The first kappa shape index (κ1) is 15.3. The summed E-state index contributed by atoms with van der Waals surface area (Å²) >= 11 is 0. The van der Waals surface area contributed by atoms with Crippen LogP contribution < -0.4 is 4.74 Å². The molecule has 4 heteroatoms. The summed E-state index contributed by atoms with van der Waals surface area (Å²) < 4.78 is 11.3. The number of ether oxygens (including phenoxy) is 2. The summed E-state index contributed by atoms with van der Waals surface area (Å²) in [5.74, 6) is 0.887. The second-order valence-corrected chi connectivity index (χ2v) is 5.50. The van der Waals surface area contributed by atoms with Gasteiger partial charge >= 0.3 is 0 Å². The highest BCUT2D eigenvalue weighted by Gasteiger charge is 2.47. The SMILES string of the molecule is CCC[C@]1(c2ccc(OC)cc2)OC(c2ccccc2)=NC1=O. The second-order valence-electron chi connectivity index (χ2n) is 5.50. The molecular weight excluding hydrogens is 290 g/mol. The highest BCUT2D eigenvalue weighted by atomic mass is 16.5.